The Balaban J connectivity index is 0.000000416. The molecule has 2 aliphatic heterocycles. The molecule has 0 aromatic heterocycles. The molecule has 5 heteroatoms. The molecule has 2 aliphatic rings. The van der Waals surface area contributed by atoms with Gasteiger partial charge < -0.3 is 26.0 Å². The fourth-order valence-electron chi connectivity index (χ4n) is 9.75. The summed E-state index contributed by atoms with van der Waals surface area (Å²) in [7, 11) is 0. The van der Waals surface area contributed by atoms with Crippen molar-refractivity contribution in [3.63, 3.8) is 0 Å². The zero-order valence-electron chi connectivity index (χ0n) is 40.9. The van der Waals surface area contributed by atoms with Crippen molar-refractivity contribution in [1.82, 2.24) is 0 Å². The Morgan fingerprint density at radius 1 is 0.356 bits per heavy atom. The van der Waals surface area contributed by atoms with Gasteiger partial charge in [0.15, 0.2) is 0 Å². The normalized spacial score (nSPS) is 12.5. The first-order chi connectivity index (χ1) is 35.3. The van der Waals surface area contributed by atoms with Crippen molar-refractivity contribution in [2.24, 2.45) is 0 Å². The first kappa shape index (κ1) is 48.3. The summed E-state index contributed by atoms with van der Waals surface area (Å²) in [5, 5.41) is 0. The van der Waals surface area contributed by atoms with E-state index in [0.717, 1.165) is 73.3 Å². The Labute approximate surface area is 445 Å². The molecule has 73 heavy (non-hydrogen) atoms. The van der Waals surface area contributed by atoms with E-state index in [1.165, 1.54) is 27.8 Å². The molecule has 0 radical (unpaired) electrons. The predicted octanol–water partition coefficient (Wildman–Crippen LogP) is 17.9. The van der Waals surface area contributed by atoms with Crippen molar-refractivity contribution in [1.29, 1.82) is 0 Å². The van der Waals surface area contributed by atoms with Crippen molar-refractivity contribution in [2.45, 2.75) is 26.2 Å². The fraction of sp³-hybridized carbons (Fsp3) is 0.0588. The molecule has 354 valence electrons. The SMILES string of the molecule is [C-]#Cc1ccc(C(C)(C)C)cc1.[Pt+4].[c-]1c(N2[CH-]N(c3c(-c4ccccc4)cccc3-c3ccccc3)c3ccccc32)cccc1N1[CH-]N(c2c(-c3ccccc3)cccc2-c2ccccc2)c2ccccc21. The van der Waals surface area contributed by atoms with Gasteiger partial charge in [0, 0.05) is 56.4 Å². The van der Waals surface area contributed by atoms with E-state index in [2.05, 4.69) is 302 Å². The quantitative estimate of drug-likeness (QED) is 0.111. The molecule has 0 aliphatic carbocycles. The standard InChI is InChI=1S/C56H39N4.C12H13.Pt/c1-5-20-41(21-6-1)47-30-18-31-48(42-22-7-2-8-23-42)55(47)59-39-57(51-34-13-15-36-53(51)59)45-28-17-29-46(38-45)58-40-60(54-37-16-14-35-52(54)58)56-49(43-24-9-3-10-25-43)32-19-33-50(56)44-26-11-4-12-27-44;1-5-10-6-8-11(9-7-10)12(2,3)4;/h1-37,39-40H;6-9H,2-4H3;/q-3;-1;+4. The molecular formula is C68H52N4Pt. The monoisotopic (exact) mass is 1120 g/mol. The van der Waals surface area contributed by atoms with E-state index in [1.54, 1.807) is 0 Å². The van der Waals surface area contributed by atoms with Gasteiger partial charge in [-0.25, -0.2) is 0 Å². The third-order valence-corrected chi connectivity index (χ3v) is 13.3. The van der Waals surface area contributed by atoms with Crippen LogP contribution in [-0.4, -0.2) is 0 Å². The molecule has 4 nitrogen and oxygen atoms in total. The van der Waals surface area contributed by atoms with Crippen LogP contribution in [-0.2, 0) is 26.5 Å². The van der Waals surface area contributed by atoms with Crippen molar-refractivity contribution in [2.75, 3.05) is 19.6 Å². The molecule has 12 rings (SSSR count). The predicted molar refractivity (Wildman–Crippen MR) is 301 cm³/mol. The van der Waals surface area contributed by atoms with Crippen molar-refractivity contribution in [3.8, 4) is 50.4 Å². The largest absolute Gasteiger partial charge is 4.00 e. The second-order valence-corrected chi connectivity index (χ2v) is 18.9. The first-order valence-corrected chi connectivity index (χ1v) is 24.4. The summed E-state index contributed by atoms with van der Waals surface area (Å²) in [6, 6.07) is 91.6. The van der Waals surface area contributed by atoms with Crippen molar-refractivity contribution in [3.05, 3.63) is 286 Å². The summed E-state index contributed by atoms with van der Waals surface area (Å²) in [6.07, 6.45) is 6.92. The van der Waals surface area contributed by atoms with E-state index in [4.69, 9.17) is 6.42 Å². The number of hydrogen-bond donors (Lipinski definition) is 0. The Morgan fingerprint density at radius 3 is 0.973 bits per heavy atom. The maximum atomic E-state index is 6.92. The van der Waals surface area contributed by atoms with Crippen LogP contribution in [0.5, 0.6) is 0 Å². The van der Waals surface area contributed by atoms with Gasteiger partial charge in [-0.05, 0) is 57.5 Å². The van der Waals surface area contributed by atoms with Crippen molar-refractivity contribution >= 4 is 45.5 Å². The minimum Gasteiger partial charge on any atom is -0.493 e. The smallest absolute Gasteiger partial charge is 0.493 e. The van der Waals surface area contributed by atoms with Gasteiger partial charge in [0.05, 0.1) is 0 Å². The molecule has 0 saturated carbocycles. The minimum atomic E-state index is 0. The van der Waals surface area contributed by atoms with E-state index < -0.39 is 0 Å². The van der Waals surface area contributed by atoms with Gasteiger partial charge in [0.1, 0.15) is 0 Å². The van der Waals surface area contributed by atoms with Crippen LogP contribution in [0.1, 0.15) is 31.9 Å². The summed E-state index contributed by atoms with van der Waals surface area (Å²) in [5.74, 6) is 2.36. The van der Waals surface area contributed by atoms with E-state index in [9.17, 15) is 0 Å². The second kappa shape index (κ2) is 21.2. The van der Waals surface area contributed by atoms with E-state index in [1.807, 2.05) is 12.1 Å². The summed E-state index contributed by atoms with van der Waals surface area (Å²) in [5.41, 5.74) is 20.2. The zero-order valence-corrected chi connectivity index (χ0v) is 43.2. The minimum absolute atomic E-state index is 0. The van der Waals surface area contributed by atoms with Gasteiger partial charge in [-0.3, -0.25) is 5.92 Å². The maximum absolute atomic E-state index is 6.92. The molecule has 0 unspecified atom stereocenters. The van der Waals surface area contributed by atoms with Crippen LogP contribution in [0.15, 0.2) is 249 Å². The Kier molecular flexibility index (Phi) is 14.0. The topological polar surface area (TPSA) is 13.0 Å². The van der Waals surface area contributed by atoms with Crippen LogP contribution in [0.4, 0.5) is 45.5 Å². The average molecular weight is 1120 g/mol. The molecule has 0 bridgehead atoms. The molecule has 2 heterocycles. The van der Waals surface area contributed by atoms with Gasteiger partial charge >= 0.3 is 21.1 Å². The molecule has 0 atom stereocenters. The van der Waals surface area contributed by atoms with E-state index in [0.29, 0.717) is 0 Å². The van der Waals surface area contributed by atoms with Crippen LogP contribution in [0.2, 0.25) is 0 Å². The van der Waals surface area contributed by atoms with E-state index >= 15 is 0 Å². The summed E-state index contributed by atoms with van der Waals surface area (Å²) < 4.78 is 0. The Hall–Kier alpha value is -8.35. The zero-order chi connectivity index (χ0) is 49.0. The van der Waals surface area contributed by atoms with E-state index in [-0.39, 0.29) is 26.5 Å². The second-order valence-electron chi connectivity index (χ2n) is 18.9. The Morgan fingerprint density at radius 2 is 0.658 bits per heavy atom. The first-order valence-electron chi connectivity index (χ1n) is 24.4. The fourth-order valence-corrected chi connectivity index (χ4v) is 9.75. The van der Waals surface area contributed by atoms with Gasteiger partial charge in [0.25, 0.3) is 0 Å². The molecule has 0 spiro atoms. The Bertz CT molecular complexity index is 3210. The summed E-state index contributed by atoms with van der Waals surface area (Å²) in [6.45, 7) is 11.0. The number of para-hydroxylation sites is 6. The summed E-state index contributed by atoms with van der Waals surface area (Å²) in [4.78, 5) is 9.25. The number of benzene rings is 10. The van der Waals surface area contributed by atoms with Crippen LogP contribution >= 0.6 is 0 Å². The molecule has 0 N–H and O–H groups in total. The third kappa shape index (κ3) is 9.73. The molecule has 0 saturated heterocycles. The number of hydrogen-bond acceptors (Lipinski definition) is 4. The molecule has 10 aromatic rings. The van der Waals surface area contributed by atoms with Gasteiger partial charge in [-0.1, -0.05) is 215 Å². The molecule has 0 amide bonds. The number of fused-ring (bicyclic) bond motifs is 2. The number of nitrogens with zero attached hydrogens (tertiary/aromatic N) is 4. The molecule has 0 fully saturated rings. The molecular weight excluding hydrogens is 1070 g/mol. The van der Waals surface area contributed by atoms with Crippen molar-refractivity contribution < 1.29 is 21.1 Å². The van der Waals surface area contributed by atoms with Crippen LogP contribution < -0.4 is 19.6 Å². The van der Waals surface area contributed by atoms with Gasteiger partial charge in [-0.15, -0.1) is 60.6 Å². The maximum Gasteiger partial charge on any atom is 4.00 e. The van der Waals surface area contributed by atoms with Gasteiger partial charge in [-0.2, -0.15) is 6.07 Å². The van der Waals surface area contributed by atoms with Gasteiger partial charge in [0.2, 0.25) is 0 Å². The molecule has 10 aromatic carbocycles. The third-order valence-electron chi connectivity index (χ3n) is 13.3. The summed E-state index contributed by atoms with van der Waals surface area (Å²) >= 11 is 0. The average Bonchev–Trinajstić information content (AvgIpc) is 4.03. The number of rotatable bonds is 8. The van der Waals surface area contributed by atoms with Crippen LogP contribution in [0.25, 0.3) is 44.5 Å². The van der Waals surface area contributed by atoms with Crippen LogP contribution in [0.3, 0.4) is 0 Å². The number of anilines is 8. The van der Waals surface area contributed by atoms with Crippen LogP contribution in [0, 0.1) is 31.7 Å².